The van der Waals surface area contributed by atoms with Crippen molar-refractivity contribution in [1.29, 1.82) is 0 Å². The van der Waals surface area contributed by atoms with E-state index in [1.807, 2.05) is 0 Å². The number of aromatic nitrogens is 1. The van der Waals surface area contributed by atoms with E-state index in [1.165, 1.54) is 0 Å². The molecule has 1 aromatic rings. The van der Waals surface area contributed by atoms with Crippen LogP contribution in [0.4, 0.5) is 23.2 Å². The number of nitrogens with zero attached hydrogens (tertiary/aromatic N) is 2. The van der Waals surface area contributed by atoms with Gasteiger partial charge in [0.25, 0.3) is 5.91 Å². The highest BCUT2D eigenvalue weighted by molar-refractivity contribution is 6.31. The van der Waals surface area contributed by atoms with E-state index in [0.29, 0.717) is 0 Å². The van der Waals surface area contributed by atoms with Crippen LogP contribution in [0.2, 0.25) is 5.15 Å². The summed E-state index contributed by atoms with van der Waals surface area (Å²) in [5, 5.41) is 13.0. The van der Waals surface area contributed by atoms with E-state index >= 15 is 0 Å². The lowest BCUT2D eigenvalue weighted by atomic mass is 9.85. The summed E-state index contributed by atoms with van der Waals surface area (Å²) >= 11 is 5.67. The van der Waals surface area contributed by atoms with Gasteiger partial charge in [0, 0.05) is 12.1 Å². The lowest BCUT2D eigenvalue weighted by Gasteiger charge is -2.30. The van der Waals surface area contributed by atoms with Gasteiger partial charge in [-0.2, -0.15) is 18.2 Å². The Labute approximate surface area is 156 Å². The number of alkyl halides is 4. The fraction of sp³-hybridized carbons (Fsp3) is 0.600. The zero-order valence-electron chi connectivity index (χ0n) is 13.9. The van der Waals surface area contributed by atoms with Crippen LogP contribution in [-0.2, 0) is 0 Å². The maximum absolute atomic E-state index is 12.7. The topological polar surface area (TPSA) is 94.4 Å². The number of carbonyl (C=O) groups is 1. The molecule has 1 N–H and O–H groups in total. The van der Waals surface area contributed by atoms with Crippen LogP contribution in [0.1, 0.15) is 36.0 Å². The first-order valence-electron chi connectivity index (χ1n) is 8.04. The van der Waals surface area contributed by atoms with E-state index in [2.05, 4.69) is 10.3 Å². The molecule has 0 spiro atoms. The summed E-state index contributed by atoms with van der Waals surface area (Å²) in [5.41, 5.74) is -0.979. The van der Waals surface area contributed by atoms with Crippen LogP contribution in [-0.4, -0.2) is 41.3 Å². The van der Waals surface area contributed by atoms with Gasteiger partial charge in [0.15, 0.2) is 0 Å². The van der Waals surface area contributed by atoms with Crippen molar-refractivity contribution in [3.63, 3.8) is 0 Å². The van der Waals surface area contributed by atoms with Gasteiger partial charge in [-0.1, -0.05) is 11.6 Å². The van der Waals surface area contributed by atoms with Gasteiger partial charge in [0.1, 0.15) is 18.8 Å². The van der Waals surface area contributed by atoms with Crippen molar-refractivity contribution < 1.29 is 32.0 Å². The molecule has 1 fully saturated rings. The van der Waals surface area contributed by atoms with E-state index in [1.54, 1.807) is 0 Å². The van der Waals surface area contributed by atoms with E-state index in [9.17, 15) is 32.5 Å². The molecule has 1 heterocycles. The number of hydrogen-bond acceptors (Lipinski definition) is 5. The zero-order chi connectivity index (χ0) is 20.2. The molecule has 1 aliphatic rings. The fourth-order valence-electron chi connectivity index (χ4n) is 2.83. The van der Waals surface area contributed by atoms with Gasteiger partial charge in [-0.05, 0) is 25.7 Å². The second-order valence-corrected chi connectivity index (χ2v) is 6.37. The van der Waals surface area contributed by atoms with Crippen molar-refractivity contribution in [2.45, 2.75) is 37.9 Å². The summed E-state index contributed by atoms with van der Waals surface area (Å²) in [6.07, 6.45) is -4.31. The number of hydrogen-bond donors (Lipinski definition) is 1. The van der Waals surface area contributed by atoms with Crippen LogP contribution in [0.3, 0.4) is 0 Å². The number of amides is 1. The van der Waals surface area contributed by atoms with Gasteiger partial charge < -0.3 is 10.1 Å². The highest BCUT2D eigenvalue weighted by Crippen LogP contribution is 2.37. The minimum Gasteiger partial charge on any atom is -0.474 e. The van der Waals surface area contributed by atoms with Gasteiger partial charge in [0.2, 0.25) is 11.0 Å². The molecule has 0 radical (unpaired) electrons. The Kier molecular flexibility index (Phi) is 6.79. The first-order chi connectivity index (χ1) is 12.6. The molecule has 27 heavy (non-hydrogen) atoms. The SMILES string of the molecule is O=C(N[C@H]1CC[C@H](C(F)(F)F)CC1)c1cc([N+](=O)[O-])c(Cl)nc1OCCF. The summed E-state index contributed by atoms with van der Waals surface area (Å²) in [7, 11) is 0. The average Bonchev–Trinajstić information content (AvgIpc) is 2.59. The van der Waals surface area contributed by atoms with Crippen LogP contribution in [0.15, 0.2) is 6.07 Å². The molecular weight excluding hydrogens is 398 g/mol. The molecule has 1 amide bonds. The number of halogens is 5. The minimum absolute atomic E-state index is 0.111. The standard InChI is InChI=1S/C15H16ClF4N3O4/c16-12-11(23(25)26)7-10(14(22-12)27-6-5-17)13(24)21-9-3-1-8(2-4-9)15(18,19)20/h7-9H,1-6H2,(H,21,24)/t8-,9-. The Morgan fingerprint density at radius 3 is 2.52 bits per heavy atom. The lowest BCUT2D eigenvalue weighted by Crippen LogP contribution is -2.40. The van der Waals surface area contributed by atoms with Gasteiger partial charge in [-0.25, -0.2) is 4.39 Å². The Hall–Kier alpha value is -2.17. The van der Waals surface area contributed by atoms with Crippen molar-refractivity contribution in [3.05, 3.63) is 26.9 Å². The van der Waals surface area contributed by atoms with Crippen LogP contribution in [0.5, 0.6) is 5.88 Å². The lowest BCUT2D eigenvalue weighted by molar-refractivity contribution is -0.385. The number of nitrogens with one attached hydrogen (secondary N) is 1. The van der Waals surface area contributed by atoms with Crippen molar-refractivity contribution in [3.8, 4) is 5.88 Å². The van der Waals surface area contributed by atoms with E-state index in [-0.39, 0.29) is 37.1 Å². The summed E-state index contributed by atoms with van der Waals surface area (Å²) in [4.78, 5) is 26.2. The molecule has 0 saturated heterocycles. The fourth-order valence-corrected chi connectivity index (χ4v) is 3.03. The predicted molar refractivity (Wildman–Crippen MR) is 86.6 cm³/mol. The molecule has 0 aromatic carbocycles. The molecule has 0 atom stereocenters. The number of pyridine rings is 1. The number of carbonyl (C=O) groups excluding carboxylic acids is 1. The molecule has 1 aromatic heterocycles. The van der Waals surface area contributed by atoms with E-state index in [0.717, 1.165) is 6.07 Å². The monoisotopic (exact) mass is 413 g/mol. The molecule has 7 nitrogen and oxygen atoms in total. The highest BCUT2D eigenvalue weighted by atomic mass is 35.5. The third-order valence-corrected chi connectivity index (χ3v) is 4.48. The molecule has 0 unspecified atom stereocenters. The Morgan fingerprint density at radius 2 is 2.00 bits per heavy atom. The molecule has 1 saturated carbocycles. The maximum atomic E-state index is 12.7. The second kappa shape index (κ2) is 8.68. The maximum Gasteiger partial charge on any atom is 0.391 e. The normalized spacial score (nSPS) is 20.2. The molecule has 2 rings (SSSR count). The summed E-state index contributed by atoms with van der Waals surface area (Å²) < 4.78 is 55.4. The first-order valence-corrected chi connectivity index (χ1v) is 8.42. The predicted octanol–water partition coefficient (Wildman–Crippen LogP) is 3.84. The van der Waals surface area contributed by atoms with Crippen molar-refractivity contribution in [2.24, 2.45) is 5.92 Å². The highest BCUT2D eigenvalue weighted by Gasteiger charge is 2.41. The molecule has 1 aliphatic carbocycles. The number of ether oxygens (including phenoxy) is 1. The summed E-state index contributed by atoms with van der Waals surface area (Å²) in [6, 6.07) is 0.319. The van der Waals surface area contributed by atoms with Crippen molar-refractivity contribution in [1.82, 2.24) is 10.3 Å². The number of rotatable bonds is 6. The largest absolute Gasteiger partial charge is 0.474 e. The van der Waals surface area contributed by atoms with Gasteiger partial charge in [-0.15, -0.1) is 0 Å². The molecule has 0 aliphatic heterocycles. The quantitative estimate of drug-likeness (QED) is 0.331. The molecule has 0 bridgehead atoms. The Balaban J connectivity index is 2.15. The third kappa shape index (κ3) is 5.41. The zero-order valence-corrected chi connectivity index (χ0v) is 14.6. The van der Waals surface area contributed by atoms with Crippen molar-refractivity contribution in [2.75, 3.05) is 13.3 Å². The van der Waals surface area contributed by atoms with Gasteiger partial charge in [0.05, 0.1) is 10.8 Å². The minimum atomic E-state index is -4.27. The third-order valence-electron chi connectivity index (χ3n) is 4.21. The molecular formula is C15H16ClF4N3O4. The average molecular weight is 414 g/mol. The smallest absolute Gasteiger partial charge is 0.391 e. The summed E-state index contributed by atoms with van der Waals surface area (Å²) in [6.45, 7) is -1.34. The van der Waals surface area contributed by atoms with Crippen LogP contribution >= 0.6 is 11.6 Å². The second-order valence-electron chi connectivity index (χ2n) is 6.01. The van der Waals surface area contributed by atoms with Crippen LogP contribution < -0.4 is 10.1 Å². The van der Waals surface area contributed by atoms with Gasteiger partial charge >= 0.3 is 11.9 Å². The van der Waals surface area contributed by atoms with Gasteiger partial charge in [-0.3, -0.25) is 14.9 Å². The molecule has 150 valence electrons. The van der Waals surface area contributed by atoms with Crippen LogP contribution in [0, 0.1) is 16.0 Å². The Bertz CT molecular complexity index is 709. The summed E-state index contributed by atoms with van der Waals surface area (Å²) in [5.74, 6) is -2.61. The van der Waals surface area contributed by atoms with Crippen molar-refractivity contribution >= 4 is 23.2 Å². The van der Waals surface area contributed by atoms with E-state index < -0.39 is 53.1 Å². The number of nitro groups is 1. The van der Waals surface area contributed by atoms with E-state index in [4.69, 9.17) is 16.3 Å². The first kappa shape index (κ1) is 21.1. The molecule has 12 heteroatoms. The van der Waals surface area contributed by atoms with Crippen LogP contribution in [0.25, 0.3) is 0 Å². The Morgan fingerprint density at radius 1 is 1.37 bits per heavy atom.